The highest BCUT2D eigenvalue weighted by Crippen LogP contribution is 2.38. The highest BCUT2D eigenvalue weighted by atomic mass is 32.1. The average Bonchev–Trinajstić information content (AvgIpc) is 3.32. The van der Waals surface area contributed by atoms with Crippen molar-refractivity contribution in [3.8, 4) is 22.5 Å². The first-order valence-corrected chi connectivity index (χ1v) is 12.2. The van der Waals surface area contributed by atoms with Crippen LogP contribution in [0.5, 0.6) is 0 Å². The molecule has 0 radical (unpaired) electrons. The molecule has 2 aromatic carbocycles. The summed E-state index contributed by atoms with van der Waals surface area (Å²) in [4.78, 5) is 13.4. The lowest BCUT2D eigenvalue weighted by atomic mass is 9.97. The Hall–Kier alpha value is -3.56. The van der Waals surface area contributed by atoms with Gasteiger partial charge in [-0.2, -0.15) is 0 Å². The van der Waals surface area contributed by atoms with Crippen LogP contribution in [-0.2, 0) is 13.0 Å². The van der Waals surface area contributed by atoms with Gasteiger partial charge in [-0.15, -0.1) is 11.3 Å². The molecule has 176 valence electrons. The smallest absolute Gasteiger partial charge is 0.163 e. The van der Waals surface area contributed by atoms with Crippen molar-refractivity contribution in [3.63, 3.8) is 0 Å². The van der Waals surface area contributed by atoms with Crippen LogP contribution < -0.4 is 17.2 Å². The molecule has 0 saturated carbocycles. The summed E-state index contributed by atoms with van der Waals surface area (Å²) in [5, 5.41) is 2.03. The first-order chi connectivity index (χ1) is 17.0. The van der Waals surface area contributed by atoms with Crippen molar-refractivity contribution >= 4 is 21.6 Å². The lowest BCUT2D eigenvalue weighted by Crippen LogP contribution is -2.36. The zero-order valence-electron chi connectivity index (χ0n) is 18.9. The van der Waals surface area contributed by atoms with Crippen molar-refractivity contribution in [1.82, 2.24) is 15.0 Å². The molecule has 2 atom stereocenters. The van der Waals surface area contributed by atoms with Crippen LogP contribution in [0.2, 0.25) is 0 Å². The summed E-state index contributed by atoms with van der Waals surface area (Å²) in [6.07, 6.45) is 3.27. The molecule has 0 saturated heterocycles. The second-order valence-corrected chi connectivity index (χ2v) is 9.28. The van der Waals surface area contributed by atoms with Crippen LogP contribution >= 0.6 is 11.3 Å². The number of nitrogens with zero attached hydrogens (tertiary/aromatic N) is 3. The summed E-state index contributed by atoms with van der Waals surface area (Å²) in [6.45, 7) is 0.469. The lowest BCUT2D eigenvalue weighted by molar-refractivity contribution is 0.536. The number of aromatic nitrogens is 3. The molecule has 6 nitrogen and oxygen atoms in total. The minimum Gasteiger partial charge on any atom is -0.326 e. The van der Waals surface area contributed by atoms with Crippen LogP contribution in [0.15, 0.2) is 78.4 Å². The monoisotopic (exact) mass is 484 g/mol. The molecule has 2 unspecified atom stereocenters. The predicted octanol–water partition coefficient (Wildman–Crippen LogP) is 4.59. The molecule has 5 rings (SSSR count). The SMILES string of the molecule is NCc1ccc(-c2csc3c(C(N)C(N)Cc4ccccc4)nc(-c4ccncc4F)nc23)cc1. The number of halogens is 1. The Morgan fingerprint density at radius 1 is 0.886 bits per heavy atom. The second-order valence-electron chi connectivity index (χ2n) is 8.40. The van der Waals surface area contributed by atoms with E-state index in [1.54, 1.807) is 6.07 Å². The van der Waals surface area contributed by atoms with Crippen LogP contribution in [0.25, 0.3) is 32.7 Å². The van der Waals surface area contributed by atoms with Crippen LogP contribution in [0, 0.1) is 5.82 Å². The highest BCUT2D eigenvalue weighted by Gasteiger charge is 2.25. The fraction of sp³-hybridized carbons (Fsp3) is 0.148. The highest BCUT2D eigenvalue weighted by molar-refractivity contribution is 7.17. The third-order valence-corrected chi connectivity index (χ3v) is 7.04. The molecular weight excluding hydrogens is 459 g/mol. The quantitative estimate of drug-likeness (QED) is 0.311. The van der Waals surface area contributed by atoms with Crippen molar-refractivity contribution in [3.05, 3.63) is 101 Å². The first kappa shape index (κ1) is 23.2. The maximum Gasteiger partial charge on any atom is 0.163 e. The third-order valence-electron chi connectivity index (χ3n) is 6.05. The van der Waals surface area contributed by atoms with Gasteiger partial charge in [0.25, 0.3) is 0 Å². The van der Waals surface area contributed by atoms with Gasteiger partial charge in [0.05, 0.1) is 33.7 Å². The van der Waals surface area contributed by atoms with Crippen molar-refractivity contribution in [1.29, 1.82) is 0 Å². The largest absolute Gasteiger partial charge is 0.326 e. The Morgan fingerprint density at radius 2 is 1.66 bits per heavy atom. The van der Waals surface area contributed by atoms with Gasteiger partial charge in [-0.25, -0.2) is 14.4 Å². The number of hydrogen-bond donors (Lipinski definition) is 3. The van der Waals surface area contributed by atoms with E-state index in [2.05, 4.69) is 4.98 Å². The molecule has 8 heteroatoms. The average molecular weight is 485 g/mol. The van der Waals surface area contributed by atoms with E-state index in [0.717, 1.165) is 33.2 Å². The summed E-state index contributed by atoms with van der Waals surface area (Å²) in [5.41, 5.74) is 24.7. The minimum absolute atomic E-state index is 0.257. The topological polar surface area (TPSA) is 117 Å². The predicted molar refractivity (Wildman–Crippen MR) is 139 cm³/mol. The van der Waals surface area contributed by atoms with E-state index in [9.17, 15) is 4.39 Å². The van der Waals surface area contributed by atoms with Gasteiger partial charge in [0.15, 0.2) is 11.6 Å². The number of fused-ring (bicyclic) bond motifs is 1. The maximum atomic E-state index is 14.7. The van der Waals surface area contributed by atoms with E-state index < -0.39 is 11.9 Å². The van der Waals surface area contributed by atoms with E-state index in [0.29, 0.717) is 24.2 Å². The summed E-state index contributed by atoms with van der Waals surface area (Å²) >= 11 is 1.51. The Balaban J connectivity index is 1.64. The molecule has 35 heavy (non-hydrogen) atoms. The number of nitrogens with two attached hydrogens (primary N) is 3. The van der Waals surface area contributed by atoms with Gasteiger partial charge in [-0.1, -0.05) is 54.6 Å². The normalized spacial score (nSPS) is 13.1. The van der Waals surface area contributed by atoms with Gasteiger partial charge < -0.3 is 17.2 Å². The van der Waals surface area contributed by atoms with Gasteiger partial charge in [0, 0.05) is 29.7 Å². The van der Waals surface area contributed by atoms with Crippen molar-refractivity contribution in [2.45, 2.75) is 25.0 Å². The fourth-order valence-corrected chi connectivity index (χ4v) is 5.14. The summed E-state index contributed by atoms with van der Waals surface area (Å²) in [6, 6.07) is 18.6. The van der Waals surface area contributed by atoms with Crippen molar-refractivity contribution in [2.24, 2.45) is 17.2 Å². The van der Waals surface area contributed by atoms with Crippen molar-refractivity contribution < 1.29 is 4.39 Å². The van der Waals surface area contributed by atoms with Crippen molar-refractivity contribution in [2.75, 3.05) is 0 Å². The molecule has 0 fully saturated rings. The van der Waals surface area contributed by atoms with E-state index in [1.165, 1.54) is 17.5 Å². The Kier molecular flexibility index (Phi) is 6.61. The number of pyridine rings is 1. The maximum absolute atomic E-state index is 14.7. The third kappa shape index (κ3) is 4.69. The molecule has 0 amide bonds. The zero-order chi connectivity index (χ0) is 24.4. The molecule has 5 aromatic rings. The van der Waals surface area contributed by atoms with E-state index in [1.807, 2.05) is 60.0 Å². The number of hydrogen-bond acceptors (Lipinski definition) is 7. The summed E-state index contributed by atoms with van der Waals surface area (Å²) < 4.78 is 15.5. The molecule has 0 aliphatic heterocycles. The zero-order valence-corrected chi connectivity index (χ0v) is 19.8. The molecular formula is C27H25FN6S. The van der Waals surface area contributed by atoms with E-state index >= 15 is 0 Å². The molecule has 0 spiro atoms. The standard InChI is InChI=1S/C27H25FN6S/c28-21-14-32-11-10-19(21)27-33-24-20(18-8-6-17(13-29)7-9-18)15-35-26(24)25(34-27)23(31)22(30)12-16-4-2-1-3-5-16/h1-11,14-15,22-23H,12-13,29-31H2. The number of rotatable bonds is 7. The lowest BCUT2D eigenvalue weighted by Gasteiger charge is -2.21. The molecule has 0 aliphatic carbocycles. The molecule has 3 heterocycles. The Morgan fingerprint density at radius 3 is 2.37 bits per heavy atom. The first-order valence-electron chi connectivity index (χ1n) is 11.3. The molecule has 6 N–H and O–H groups in total. The second kappa shape index (κ2) is 9.97. The minimum atomic E-state index is -0.574. The van der Waals surface area contributed by atoms with E-state index in [-0.39, 0.29) is 17.4 Å². The summed E-state index contributed by atoms with van der Waals surface area (Å²) in [7, 11) is 0. The van der Waals surface area contributed by atoms with Gasteiger partial charge in [-0.05, 0) is 29.2 Å². The van der Waals surface area contributed by atoms with Gasteiger partial charge >= 0.3 is 0 Å². The van der Waals surface area contributed by atoms with Gasteiger partial charge in [-0.3, -0.25) is 4.98 Å². The van der Waals surface area contributed by atoms with Crippen LogP contribution in [0.4, 0.5) is 4.39 Å². The van der Waals surface area contributed by atoms with Crippen LogP contribution in [0.1, 0.15) is 22.9 Å². The summed E-state index contributed by atoms with van der Waals surface area (Å²) in [5.74, 6) is -0.239. The molecule has 0 aliphatic rings. The number of benzene rings is 2. The van der Waals surface area contributed by atoms with Gasteiger partial charge in [0.1, 0.15) is 0 Å². The van der Waals surface area contributed by atoms with Crippen LogP contribution in [0.3, 0.4) is 0 Å². The Bertz CT molecular complexity index is 1450. The number of thiophene rings is 1. The Labute approximate surface area is 206 Å². The van der Waals surface area contributed by atoms with Crippen LogP contribution in [-0.4, -0.2) is 21.0 Å². The fourth-order valence-electron chi connectivity index (χ4n) is 4.08. The molecule has 0 bridgehead atoms. The molecule has 3 aromatic heterocycles. The van der Waals surface area contributed by atoms with Gasteiger partial charge in [0.2, 0.25) is 0 Å². The van der Waals surface area contributed by atoms with E-state index in [4.69, 9.17) is 27.2 Å².